The summed E-state index contributed by atoms with van der Waals surface area (Å²) in [5.41, 5.74) is 2.97. The number of phenolic OH excluding ortho intramolecular Hbond substituents is 1. The molecule has 0 saturated heterocycles. The van der Waals surface area contributed by atoms with E-state index in [9.17, 15) is 39.6 Å². The molecular weight excluding hydrogens is 518 g/mol. The Balaban J connectivity index is 1.68. The summed E-state index contributed by atoms with van der Waals surface area (Å²) in [5.74, 6) is -6.94. The Hall–Kier alpha value is -4.22. The van der Waals surface area contributed by atoms with Crippen LogP contribution in [0.3, 0.4) is 0 Å². The second-order valence-corrected chi connectivity index (χ2v) is 11.2. The van der Waals surface area contributed by atoms with Crippen molar-refractivity contribution in [1.29, 1.82) is 0 Å². The highest BCUT2D eigenvalue weighted by Gasteiger charge is 2.64. The van der Waals surface area contributed by atoms with E-state index >= 15 is 0 Å². The molecule has 0 aliphatic heterocycles. The maximum Gasteiger partial charge on any atom is 0.255 e. The Morgan fingerprint density at radius 1 is 1.10 bits per heavy atom. The Bertz CT molecular complexity index is 1590. The van der Waals surface area contributed by atoms with Crippen LogP contribution in [-0.2, 0) is 32.1 Å². The molecule has 0 spiro atoms. The van der Waals surface area contributed by atoms with Crippen LogP contribution in [0, 0.1) is 11.8 Å². The largest absolute Gasteiger partial charge is 0.508 e. The normalized spacial score (nSPS) is 26.1. The number of ketones is 2. The number of primary amides is 1. The Morgan fingerprint density at radius 3 is 2.38 bits per heavy atom. The molecule has 0 bridgehead atoms. The summed E-state index contributed by atoms with van der Waals surface area (Å²) in [4.78, 5) is 53.9. The van der Waals surface area contributed by atoms with Crippen molar-refractivity contribution in [2.24, 2.45) is 17.6 Å². The van der Waals surface area contributed by atoms with Crippen LogP contribution in [0.15, 0.2) is 41.2 Å². The first kappa shape index (κ1) is 27.4. The topological polar surface area (TPSA) is 182 Å². The lowest BCUT2D eigenvalue weighted by molar-refractivity contribution is -0.153. The molecular formula is C29H31N3O8. The van der Waals surface area contributed by atoms with Crippen molar-refractivity contribution >= 4 is 39.9 Å². The van der Waals surface area contributed by atoms with E-state index in [2.05, 4.69) is 0 Å². The van der Waals surface area contributed by atoms with Crippen molar-refractivity contribution in [2.75, 3.05) is 21.1 Å². The third-order valence-electron chi connectivity index (χ3n) is 8.55. The van der Waals surface area contributed by atoms with E-state index in [4.69, 9.17) is 5.73 Å². The van der Waals surface area contributed by atoms with Gasteiger partial charge in [0, 0.05) is 37.4 Å². The summed E-state index contributed by atoms with van der Waals surface area (Å²) in [5, 5.41) is 46.4. The summed E-state index contributed by atoms with van der Waals surface area (Å²) >= 11 is 0. The van der Waals surface area contributed by atoms with Crippen LogP contribution < -0.4 is 5.73 Å². The van der Waals surface area contributed by atoms with Gasteiger partial charge in [-0.2, -0.15) is 0 Å². The van der Waals surface area contributed by atoms with Crippen LogP contribution in [-0.4, -0.2) is 86.4 Å². The number of rotatable bonds is 4. The highest BCUT2D eigenvalue weighted by Crippen LogP contribution is 2.53. The smallest absolute Gasteiger partial charge is 0.255 e. The Morgan fingerprint density at radius 2 is 1.77 bits per heavy atom. The SMILES string of the molecule is CC(=O)N(C)Cc1ccc2cc3c(c(O)c2c1)C(O)=C1C(=O)[C@]2(O)C(O)=C(C(N)=O)C(=O)[C@@H](N(C)C)[C@@H]2C[C@@H]1C3. The molecule has 4 atom stereocenters. The summed E-state index contributed by atoms with van der Waals surface area (Å²) < 4.78 is 0. The number of Topliss-reactive ketones (excluding diaryl/α,β-unsaturated/α-hetero) is 2. The number of carbonyl (C=O) groups excluding carboxylic acids is 4. The molecule has 2 amide bonds. The van der Waals surface area contributed by atoms with Crippen molar-refractivity contribution in [1.82, 2.24) is 9.80 Å². The van der Waals surface area contributed by atoms with Gasteiger partial charge in [-0.25, -0.2) is 0 Å². The molecule has 1 fully saturated rings. The number of carbonyl (C=O) groups is 4. The highest BCUT2D eigenvalue weighted by atomic mass is 16.3. The quantitative estimate of drug-likeness (QED) is 0.349. The lowest BCUT2D eigenvalue weighted by Gasteiger charge is -2.50. The van der Waals surface area contributed by atoms with Crippen LogP contribution in [0.4, 0.5) is 0 Å². The number of phenols is 1. The maximum absolute atomic E-state index is 13.9. The van der Waals surface area contributed by atoms with E-state index in [-0.39, 0.29) is 35.6 Å². The fourth-order valence-corrected chi connectivity index (χ4v) is 6.54. The number of aliphatic hydroxyl groups excluding tert-OH is 2. The number of aliphatic hydroxyl groups is 3. The van der Waals surface area contributed by atoms with Gasteiger partial charge in [0.1, 0.15) is 22.8 Å². The highest BCUT2D eigenvalue weighted by molar-refractivity contribution is 6.24. The summed E-state index contributed by atoms with van der Waals surface area (Å²) in [6.07, 6.45) is 0.244. The van der Waals surface area contributed by atoms with Gasteiger partial charge in [-0.1, -0.05) is 18.2 Å². The first-order chi connectivity index (χ1) is 18.7. The van der Waals surface area contributed by atoms with E-state index in [0.717, 1.165) is 5.56 Å². The van der Waals surface area contributed by atoms with Gasteiger partial charge in [0.05, 0.1) is 11.6 Å². The number of hydrogen-bond donors (Lipinski definition) is 5. The zero-order valence-corrected chi connectivity index (χ0v) is 22.6. The van der Waals surface area contributed by atoms with Crippen LogP contribution >= 0.6 is 0 Å². The molecule has 11 nitrogen and oxygen atoms in total. The molecule has 40 heavy (non-hydrogen) atoms. The molecule has 2 aromatic rings. The molecule has 5 rings (SSSR count). The van der Waals surface area contributed by atoms with Crippen LogP contribution in [0.2, 0.25) is 0 Å². The average molecular weight is 550 g/mol. The van der Waals surface area contributed by atoms with Gasteiger partial charge >= 0.3 is 0 Å². The third kappa shape index (κ3) is 3.72. The molecule has 2 aromatic carbocycles. The molecule has 0 aromatic heterocycles. The van der Waals surface area contributed by atoms with Crippen LogP contribution in [0.5, 0.6) is 5.75 Å². The van der Waals surface area contributed by atoms with Crippen molar-refractivity contribution in [2.45, 2.75) is 38.0 Å². The first-order valence-electron chi connectivity index (χ1n) is 12.8. The van der Waals surface area contributed by atoms with Crippen molar-refractivity contribution in [3.8, 4) is 5.75 Å². The Kier molecular flexibility index (Phi) is 6.27. The zero-order valence-electron chi connectivity index (χ0n) is 22.6. The van der Waals surface area contributed by atoms with Gasteiger partial charge in [-0.05, 0) is 55.4 Å². The molecule has 1 saturated carbocycles. The second kappa shape index (κ2) is 9.17. The molecule has 11 heteroatoms. The number of benzene rings is 2. The van der Waals surface area contributed by atoms with Gasteiger partial charge in [0.15, 0.2) is 11.4 Å². The number of nitrogens with zero attached hydrogens (tertiary/aromatic N) is 2. The van der Waals surface area contributed by atoms with E-state index in [0.29, 0.717) is 22.9 Å². The number of nitrogens with two attached hydrogens (primary N) is 1. The number of likely N-dealkylation sites (N-methyl/N-ethyl adjacent to an activating group) is 1. The number of amides is 2. The van der Waals surface area contributed by atoms with E-state index < -0.39 is 58.0 Å². The van der Waals surface area contributed by atoms with Crippen molar-refractivity contribution < 1.29 is 39.6 Å². The van der Waals surface area contributed by atoms with E-state index in [1.165, 1.54) is 16.7 Å². The van der Waals surface area contributed by atoms with Gasteiger partial charge in [-0.15, -0.1) is 0 Å². The van der Waals surface area contributed by atoms with Gasteiger partial charge in [0.25, 0.3) is 5.91 Å². The fraction of sp³-hybridized carbons (Fsp3) is 0.379. The summed E-state index contributed by atoms with van der Waals surface area (Å²) in [6.45, 7) is 1.74. The van der Waals surface area contributed by atoms with Gasteiger partial charge in [0.2, 0.25) is 11.7 Å². The molecule has 3 aliphatic carbocycles. The minimum Gasteiger partial charge on any atom is -0.508 e. The lowest BCUT2D eigenvalue weighted by atomic mass is 9.57. The predicted molar refractivity (Wildman–Crippen MR) is 144 cm³/mol. The molecule has 0 radical (unpaired) electrons. The van der Waals surface area contributed by atoms with Crippen LogP contribution in [0.25, 0.3) is 16.5 Å². The number of hydrogen-bond acceptors (Lipinski definition) is 9. The molecule has 0 unspecified atom stereocenters. The zero-order chi connectivity index (χ0) is 29.4. The molecule has 3 aliphatic rings. The molecule has 210 valence electrons. The van der Waals surface area contributed by atoms with Gasteiger partial charge < -0.3 is 31.1 Å². The number of fused-ring (bicyclic) bond motifs is 4. The molecule has 6 N–H and O–H groups in total. The van der Waals surface area contributed by atoms with E-state index in [1.54, 1.807) is 39.3 Å². The average Bonchev–Trinajstić information content (AvgIpc) is 2.86. The van der Waals surface area contributed by atoms with Crippen molar-refractivity contribution in [3.63, 3.8) is 0 Å². The lowest BCUT2D eigenvalue weighted by Crippen LogP contribution is -2.65. The third-order valence-corrected chi connectivity index (χ3v) is 8.55. The minimum absolute atomic E-state index is 0.0286. The van der Waals surface area contributed by atoms with Crippen molar-refractivity contribution in [3.05, 3.63) is 57.9 Å². The second-order valence-electron chi connectivity index (χ2n) is 11.2. The predicted octanol–water partition coefficient (Wildman–Crippen LogP) is 1.10. The maximum atomic E-state index is 13.9. The van der Waals surface area contributed by atoms with E-state index in [1.807, 2.05) is 6.07 Å². The standard InChI is InChI=1S/C29H31N3O8/c1-12(33)32(4)11-13-5-6-14-8-15-9-16-10-18-22(31(2)3)25(36)21(28(30)39)27(38)29(18,40)26(37)20(16)24(35)19(15)23(34)17(14)7-13/h5-8,16,18,22,34-35,38,40H,9-11H2,1-4H3,(H2,30,39)/t16-,18-,22-,29-/m0/s1. The molecule has 0 heterocycles. The van der Waals surface area contributed by atoms with Crippen LogP contribution in [0.1, 0.15) is 30.0 Å². The monoisotopic (exact) mass is 549 g/mol. The summed E-state index contributed by atoms with van der Waals surface area (Å²) in [7, 11) is 4.76. The number of aromatic hydroxyl groups is 1. The fourth-order valence-electron chi connectivity index (χ4n) is 6.54. The first-order valence-corrected chi connectivity index (χ1v) is 12.8. The minimum atomic E-state index is -2.68. The Labute approximate surface area is 229 Å². The summed E-state index contributed by atoms with van der Waals surface area (Å²) in [6, 6.07) is 6.01. The van der Waals surface area contributed by atoms with Gasteiger partial charge in [-0.3, -0.25) is 24.1 Å².